The van der Waals surface area contributed by atoms with Gasteiger partial charge in [-0.3, -0.25) is 9.59 Å². The van der Waals surface area contributed by atoms with E-state index in [1.807, 2.05) is 0 Å². The molecule has 10 aliphatic rings. The molecule has 0 bridgehead atoms. The SMILES string of the molecule is COC[C@H]1O[C@@H](O[C@@H]2OC[C@@H]3O[C@]4(O[C@H]3[C@H]2OC(C)=O)O[C@H](C)[C@@](O)(C(C)=O)[C@@H]2OCO[C@H]24)[C@@H](OC)[C@@H](O)[C@@H]1O[C@@H]1O[C@H](C)[C@H](OC)[C@H](O[C@H]2C[C@@]3(C)O[C@@]4(C[C@@H](O)[C@H](O[C@H]5C[C@@H](O)[C@H](OC(=O)c6c(C)c(Cl)c(O)c(Cl)c6OC)[C@@H](C)O5)[C@@H](C)O4)O[C@@H]3[C@@H](C)O2)[C@H]1O. The van der Waals surface area contributed by atoms with Gasteiger partial charge in [0.25, 0.3) is 5.97 Å². The first-order valence-corrected chi connectivity index (χ1v) is 31.5. The van der Waals surface area contributed by atoms with Crippen molar-refractivity contribution in [3.63, 3.8) is 0 Å². The predicted molar refractivity (Wildman–Crippen MR) is 304 cm³/mol. The van der Waals surface area contributed by atoms with Crippen LogP contribution in [-0.4, -0.2) is 286 Å². The van der Waals surface area contributed by atoms with Crippen LogP contribution in [0.15, 0.2) is 0 Å². The summed E-state index contributed by atoms with van der Waals surface area (Å²) in [4.78, 5) is 39.1. The van der Waals surface area contributed by atoms with Crippen molar-refractivity contribution in [2.45, 2.75) is 270 Å². The first-order valence-electron chi connectivity index (χ1n) is 30.8. The quantitative estimate of drug-likeness (QED) is 0.115. The summed E-state index contributed by atoms with van der Waals surface area (Å²) in [6.07, 6.45) is -32.7. The van der Waals surface area contributed by atoms with Crippen LogP contribution in [-0.2, 0) is 114 Å². The van der Waals surface area contributed by atoms with Crippen LogP contribution >= 0.6 is 23.2 Å². The van der Waals surface area contributed by atoms with Crippen LogP contribution in [0.1, 0.15) is 90.6 Å². The number of hydrogen-bond donors (Lipinski definition) is 6. The first kappa shape index (κ1) is 71.3. The Hall–Kier alpha value is -2.99. The Labute approximate surface area is 544 Å². The van der Waals surface area contributed by atoms with Gasteiger partial charge in [-0.1, -0.05) is 23.2 Å². The zero-order valence-electron chi connectivity index (χ0n) is 53.4. The van der Waals surface area contributed by atoms with Gasteiger partial charge in [0.05, 0.1) is 74.5 Å². The number of rotatable bonds is 17. The number of halogens is 2. The van der Waals surface area contributed by atoms with Crippen molar-refractivity contribution in [2.24, 2.45) is 0 Å². The number of carbonyl (C=O) groups excluding carboxylic acids is 3. The molecule has 0 unspecified atom stereocenters. The number of phenols is 1. The Kier molecular flexibility index (Phi) is 21.2. The number of ether oxygens (including phenoxy) is 23. The van der Waals surface area contributed by atoms with Gasteiger partial charge in [0.2, 0.25) is 6.29 Å². The highest BCUT2D eigenvalue weighted by atomic mass is 35.5. The van der Waals surface area contributed by atoms with Gasteiger partial charge in [-0.05, 0) is 61.0 Å². The summed E-state index contributed by atoms with van der Waals surface area (Å²) in [5, 5.41) is 68.9. The van der Waals surface area contributed by atoms with Crippen molar-refractivity contribution in [3.8, 4) is 11.5 Å². The van der Waals surface area contributed by atoms with Crippen molar-refractivity contribution in [3.05, 3.63) is 21.2 Å². The van der Waals surface area contributed by atoms with Crippen LogP contribution in [0.25, 0.3) is 0 Å². The van der Waals surface area contributed by atoms with Crippen molar-refractivity contribution < 1.29 is 154 Å². The number of Topliss-reactive ketones (excluding diaryl/α,β-unsaturated/α-hetero) is 1. The third-order valence-corrected chi connectivity index (χ3v) is 19.8. The Morgan fingerprint density at radius 3 is 1.98 bits per heavy atom. The molecule has 93 heavy (non-hydrogen) atoms. The lowest BCUT2D eigenvalue weighted by Crippen LogP contribution is -2.72. The molecule has 34 heteroatoms. The van der Waals surface area contributed by atoms with Crippen molar-refractivity contribution in [2.75, 3.05) is 48.4 Å². The smallest absolute Gasteiger partial charge is 0.342 e. The number of phenolic OH excluding ortho intramolecular Hbond substituents is 1. The Morgan fingerprint density at radius 1 is 0.634 bits per heavy atom. The molecule has 0 saturated carbocycles. The third kappa shape index (κ3) is 13.0. The molecule has 0 amide bonds. The van der Waals surface area contributed by atoms with Gasteiger partial charge in [-0.25, -0.2) is 4.79 Å². The topological polar surface area (TPSA) is 385 Å². The van der Waals surface area contributed by atoms with Gasteiger partial charge in [-0.15, -0.1) is 0 Å². The molecule has 1 aromatic carbocycles. The summed E-state index contributed by atoms with van der Waals surface area (Å²) in [5.74, 6) is -6.85. The van der Waals surface area contributed by atoms with E-state index in [9.17, 15) is 45.0 Å². The summed E-state index contributed by atoms with van der Waals surface area (Å²) in [7, 11) is 5.34. The molecular formula is C59H84Cl2O32. The highest BCUT2D eigenvalue weighted by molar-refractivity contribution is 6.39. The second kappa shape index (κ2) is 27.6. The average Bonchev–Trinajstić information content (AvgIpc) is 1.59. The van der Waals surface area contributed by atoms with E-state index >= 15 is 0 Å². The van der Waals surface area contributed by atoms with Gasteiger partial charge in [0.1, 0.15) is 96.2 Å². The molecule has 0 aliphatic carbocycles. The second-order valence-corrected chi connectivity index (χ2v) is 26.0. The van der Waals surface area contributed by atoms with E-state index in [2.05, 4.69) is 0 Å². The average molecular weight is 1380 g/mol. The number of ketones is 1. The molecule has 0 aromatic heterocycles. The number of carbonyl (C=O) groups is 3. The molecule has 526 valence electrons. The van der Waals surface area contributed by atoms with Gasteiger partial charge in [0, 0.05) is 41.1 Å². The maximum Gasteiger partial charge on any atom is 0.342 e. The molecule has 10 heterocycles. The van der Waals surface area contributed by atoms with Crippen LogP contribution < -0.4 is 4.74 Å². The number of methoxy groups -OCH3 is 4. The molecule has 10 saturated heterocycles. The number of aliphatic hydroxyl groups is 5. The minimum Gasteiger partial charge on any atom is -0.505 e. The second-order valence-electron chi connectivity index (χ2n) is 25.2. The molecule has 32 nitrogen and oxygen atoms in total. The van der Waals surface area contributed by atoms with Crippen molar-refractivity contribution in [1.82, 2.24) is 0 Å². The third-order valence-electron chi connectivity index (χ3n) is 19.0. The van der Waals surface area contributed by atoms with Gasteiger partial charge in [0.15, 0.2) is 66.4 Å². The molecule has 0 radical (unpaired) electrons. The lowest BCUT2D eigenvalue weighted by molar-refractivity contribution is -0.428. The summed E-state index contributed by atoms with van der Waals surface area (Å²) < 4.78 is 141. The van der Waals surface area contributed by atoms with Crippen LogP contribution in [0.5, 0.6) is 11.5 Å². The predicted octanol–water partition coefficient (Wildman–Crippen LogP) is 0.416. The largest absolute Gasteiger partial charge is 0.505 e. The molecule has 10 fully saturated rings. The number of aliphatic hydroxyl groups excluding tert-OH is 4. The van der Waals surface area contributed by atoms with E-state index in [1.54, 1.807) is 34.6 Å². The van der Waals surface area contributed by atoms with Gasteiger partial charge < -0.3 is 140 Å². The highest BCUT2D eigenvalue weighted by Gasteiger charge is 2.73. The molecule has 10 aliphatic heterocycles. The molecule has 11 rings (SSSR count). The highest BCUT2D eigenvalue weighted by Crippen LogP contribution is 2.53. The Bertz CT molecular complexity index is 2840. The van der Waals surface area contributed by atoms with E-state index in [0.717, 1.165) is 6.92 Å². The number of esters is 2. The van der Waals surface area contributed by atoms with Crippen LogP contribution in [0.4, 0.5) is 0 Å². The fourth-order valence-corrected chi connectivity index (χ4v) is 15.0. The minimum absolute atomic E-state index is 0.00377. The lowest BCUT2D eigenvalue weighted by atomic mass is 9.81. The summed E-state index contributed by atoms with van der Waals surface area (Å²) in [6.45, 7) is 12.9. The number of benzene rings is 1. The van der Waals surface area contributed by atoms with E-state index in [1.165, 1.54) is 49.2 Å². The van der Waals surface area contributed by atoms with Crippen molar-refractivity contribution >= 4 is 40.9 Å². The maximum absolute atomic E-state index is 13.5. The maximum atomic E-state index is 13.5. The zero-order chi connectivity index (χ0) is 67.3. The van der Waals surface area contributed by atoms with E-state index in [0.29, 0.717) is 0 Å². The number of aromatic hydroxyl groups is 1. The molecule has 2 spiro atoms. The molecular weight excluding hydrogens is 1290 g/mol. The van der Waals surface area contributed by atoms with Crippen LogP contribution in [0.3, 0.4) is 0 Å². The van der Waals surface area contributed by atoms with Crippen LogP contribution in [0.2, 0.25) is 10.0 Å². The fourth-order valence-electron chi connectivity index (χ4n) is 14.5. The Morgan fingerprint density at radius 2 is 1.32 bits per heavy atom. The minimum atomic E-state index is -2.12. The Balaban J connectivity index is 0.715. The van der Waals surface area contributed by atoms with E-state index in [4.69, 9.17) is 132 Å². The molecule has 31 atom stereocenters. The normalized spacial score (nSPS) is 48.0. The summed E-state index contributed by atoms with van der Waals surface area (Å²) in [6, 6.07) is 0. The summed E-state index contributed by atoms with van der Waals surface area (Å²) >= 11 is 12.5. The summed E-state index contributed by atoms with van der Waals surface area (Å²) in [5.41, 5.74) is -3.33. The van der Waals surface area contributed by atoms with Gasteiger partial charge >= 0.3 is 17.9 Å². The lowest BCUT2D eigenvalue weighted by Gasteiger charge is -2.49. The molecule has 1 aromatic rings. The monoisotopic (exact) mass is 1370 g/mol. The zero-order valence-corrected chi connectivity index (χ0v) is 54.9. The van der Waals surface area contributed by atoms with Gasteiger partial charge in [-0.2, -0.15) is 0 Å². The number of fused-ring (bicyclic) bond motifs is 4. The van der Waals surface area contributed by atoms with E-state index in [-0.39, 0.29) is 66.2 Å². The fraction of sp³-hybridized carbons (Fsp3) is 0.847. The molecule has 6 N–H and O–H groups in total. The number of hydrogen-bond acceptors (Lipinski definition) is 32. The van der Waals surface area contributed by atoms with Crippen molar-refractivity contribution in [1.29, 1.82) is 0 Å². The first-order chi connectivity index (χ1) is 44.0. The van der Waals surface area contributed by atoms with Crippen LogP contribution in [0, 0.1) is 6.92 Å². The van der Waals surface area contributed by atoms with E-state index < -0.39 is 212 Å². The standard InChI is InChI=1S/C59H84Cl2O32/c1-20-34(45(73-12)36(61)37(66)35(20)60)52(69)85-40-21(2)78-32(14-28(40)64)83-41-23(4)88-57(15-29(41)65)92-49-24(5)79-33(16-56(49,9)93-57)84-46-39(68)53(80-22(3)42(46)72-11)86-43-30(17-71-10)82-55(47(74-13)38(43)67)87-54-48(81-27(8)63)44-31(18-75-54)90-59(91-44)51-50(76-19-77-51)58(70,25(6)62)26(7)89-59/h21-24,26,28-33,38-44,46-51,53-55,64-68,70H,14-19H2,1-13H3/t21-,22-,23-,24-,26-,28-,29-,30-,31+,32+,33+,38+,39-,40-,41-,42+,43-,44-,46-,47+,48-,49-,50-,51-,53+,54+,55+,56-,57-,58+,59-/m1/s1.